The number of amides is 1. The Morgan fingerprint density at radius 3 is 2.67 bits per heavy atom. The first-order valence-corrected chi connectivity index (χ1v) is 11.4. The number of rotatable bonds is 4. The minimum atomic E-state index is -0.300. The Balaban J connectivity index is 0.000000147. The predicted octanol–water partition coefficient (Wildman–Crippen LogP) is 5.27. The van der Waals surface area contributed by atoms with Crippen molar-refractivity contribution in [3.8, 4) is 0 Å². The van der Waals surface area contributed by atoms with Gasteiger partial charge in [-0.25, -0.2) is 0 Å². The fourth-order valence-corrected chi connectivity index (χ4v) is 5.82. The largest absolute Gasteiger partial charge is 0.423 e. The van der Waals surface area contributed by atoms with E-state index >= 15 is 0 Å². The van der Waals surface area contributed by atoms with Gasteiger partial charge < -0.3 is 14.6 Å². The molecule has 0 spiro atoms. The Labute approximate surface area is 183 Å². The van der Waals surface area contributed by atoms with E-state index in [0.717, 1.165) is 36.4 Å². The van der Waals surface area contributed by atoms with E-state index in [1.54, 1.807) is 6.92 Å². The van der Waals surface area contributed by atoms with Crippen LogP contribution in [0.3, 0.4) is 0 Å². The van der Waals surface area contributed by atoms with Gasteiger partial charge in [-0.15, -0.1) is 10.2 Å². The Kier molecular flexibility index (Phi) is 6.05. The molecule has 1 aromatic carbocycles. The number of benzene rings is 1. The molecule has 4 aliphatic rings. The molecule has 2 saturated heterocycles. The normalized spacial score (nSPS) is 27.8. The predicted molar refractivity (Wildman–Crippen MR) is 118 cm³/mol. The van der Waals surface area contributed by atoms with E-state index in [0.29, 0.717) is 29.7 Å². The van der Waals surface area contributed by atoms with Crippen molar-refractivity contribution >= 4 is 23.7 Å². The molecule has 7 heteroatoms. The number of nitrogens with zero attached hydrogens (tertiary/aromatic N) is 3. The Hall–Kier alpha value is -2.08. The first-order valence-electron chi connectivity index (χ1n) is 11.0. The summed E-state index contributed by atoms with van der Waals surface area (Å²) in [5.41, 5.74) is 2.19. The van der Waals surface area contributed by atoms with E-state index in [1.165, 1.54) is 31.2 Å². The second kappa shape index (κ2) is 8.58. The van der Waals surface area contributed by atoms with Crippen LogP contribution in [0.25, 0.3) is 0 Å². The topological polar surface area (TPSA) is 71.3 Å². The van der Waals surface area contributed by atoms with Gasteiger partial charge in [-0.1, -0.05) is 31.4 Å². The van der Waals surface area contributed by atoms with Crippen molar-refractivity contribution in [2.75, 3.05) is 12.4 Å². The molecule has 2 bridgehead atoms. The molecule has 4 fully saturated rings. The van der Waals surface area contributed by atoms with Gasteiger partial charge in [-0.05, 0) is 61.3 Å². The molecule has 1 amide bonds. The van der Waals surface area contributed by atoms with Crippen LogP contribution in [0.1, 0.15) is 75.1 Å². The van der Waals surface area contributed by atoms with Crippen molar-refractivity contribution in [2.45, 2.75) is 76.3 Å². The minimum Gasteiger partial charge on any atom is -0.423 e. The average Bonchev–Trinajstić information content (AvgIpc) is 3.41. The fourth-order valence-electron chi connectivity index (χ4n) is 5.55. The van der Waals surface area contributed by atoms with E-state index in [-0.39, 0.29) is 5.54 Å². The van der Waals surface area contributed by atoms with Crippen LogP contribution in [-0.4, -0.2) is 34.6 Å². The number of hydrogen-bond acceptors (Lipinski definition) is 5. The minimum absolute atomic E-state index is 0.300. The second-order valence-electron chi connectivity index (χ2n) is 9.04. The molecule has 30 heavy (non-hydrogen) atoms. The molecule has 0 unspecified atom stereocenters. The summed E-state index contributed by atoms with van der Waals surface area (Å²) in [6.45, 7) is 3.99. The molecule has 6 rings (SSSR count). The van der Waals surface area contributed by atoms with E-state index < -0.39 is 0 Å². The number of hydrogen-bond donors (Lipinski definition) is 1. The van der Waals surface area contributed by atoms with Gasteiger partial charge in [0, 0.05) is 37.1 Å². The van der Waals surface area contributed by atoms with Gasteiger partial charge in [0.25, 0.3) is 0 Å². The molecule has 0 radical (unpaired) electrons. The van der Waals surface area contributed by atoms with Gasteiger partial charge in [0.15, 0.2) is 0 Å². The van der Waals surface area contributed by atoms with Crippen LogP contribution in [0.2, 0.25) is 5.02 Å². The highest BCUT2D eigenvalue weighted by molar-refractivity contribution is 6.31. The molecular weight excluding hydrogens is 400 g/mol. The van der Waals surface area contributed by atoms with Crippen LogP contribution in [0.15, 0.2) is 22.6 Å². The van der Waals surface area contributed by atoms with E-state index in [4.69, 9.17) is 16.0 Å². The maximum absolute atomic E-state index is 11.1. The maximum atomic E-state index is 11.1. The van der Waals surface area contributed by atoms with Gasteiger partial charge >= 0.3 is 0 Å². The van der Waals surface area contributed by atoms with E-state index in [1.807, 2.05) is 24.1 Å². The standard InChI is InChI=1S/C12H16ClN.C11H15N3O2/c1-14-10-6-7-12(13)11(8-10)9-4-2-3-5-9;1-7-3-9-5-11(4-7,14(9)6-15)10-13-12-8(2)16-10/h6-9,14H,2-5H2,1H3;6-7,9H,3-5H2,1-2H3/t;7-,9-,11+/m.1/s1. The van der Waals surface area contributed by atoms with Gasteiger partial charge in [0.05, 0.1) is 0 Å². The molecular formula is C23H31ClN4O2. The van der Waals surface area contributed by atoms with Crippen molar-refractivity contribution in [1.29, 1.82) is 0 Å². The molecule has 2 aliphatic heterocycles. The summed E-state index contributed by atoms with van der Waals surface area (Å²) < 4.78 is 5.52. The SMILES string of the molecule is CNc1ccc(Cl)c(C2CCCC2)c1.Cc1nnc([C@]23C[C@H](C)C[C@H](C2)N3C=O)o1. The van der Waals surface area contributed by atoms with Gasteiger partial charge in [-0.3, -0.25) is 4.79 Å². The Bertz CT molecular complexity index is 895. The zero-order valence-electron chi connectivity index (χ0n) is 18.0. The number of anilines is 1. The summed E-state index contributed by atoms with van der Waals surface area (Å²) in [4.78, 5) is 13.0. The van der Waals surface area contributed by atoms with Crippen molar-refractivity contribution < 1.29 is 9.21 Å². The van der Waals surface area contributed by atoms with Crippen LogP contribution >= 0.6 is 11.6 Å². The van der Waals surface area contributed by atoms with Crippen LogP contribution < -0.4 is 5.32 Å². The lowest BCUT2D eigenvalue weighted by Crippen LogP contribution is -2.67. The van der Waals surface area contributed by atoms with E-state index in [9.17, 15) is 4.79 Å². The van der Waals surface area contributed by atoms with Crippen molar-refractivity contribution in [2.24, 2.45) is 5.92 Å². The average molecular weight is 431 g/mol. The van der Waals surface area contributed by atoms with Crippen LogP contribution in [0.4, 0.5) is 5.69 Å². The molecule has 3 heterocycles. The summed E-state index contributed by atoms with van der Waals surface area (Å²) >= 11 is 6.21. The highest BCUT2D eigenvalue weighted by atomic mass is 35.5. The Morgan fingerprint density at radius 2 is 2.03 bits per heavy atom. The number of piperidine rings is 1. The lowest BCUT2D eigenvalue weighted by molar-refractivity contribution is -0.165. The monoisotopic (exact) mass is 430 g/mol. The van der Waals surface area contributed by atoms with E-state index in [2.05, 4.69) is 28.5 Å². The van der Waals surface area contributed by atoms with Crippen LogP contribution in [-0.2, 0) is 10.3 Å². The summed E-state index contributed by atoms with van der Waals surface area (Å²) in [7, 11) is 1.95. The van der Waals surface area contributed by atoms with Gasteiger partial charge in [-0.2, -0.15) is 0 Å². The summed E-state index contributed by atoms with van der Waals surface area (Å²) in [5.74, 6) is 2.48. The smallest absolute Gasteiger partial charge is 0.242 e. The van der Waals surface area contributed by atoms with Crippen molar-refractivity contribution in [3.63, 3.8) is 0 Å². The highest BCUT2D eigenvalue weighted by Gasteiger charge is 2.59. The van der Waals surface area contributed by atoms with Gasteiger partial charge in [0.1, 0.15) is 5.54 Å². The van der Waals surface area contributed by atoms with Gasteiger partial charge in [0.2, 0.25) is 18.2 Å². The number of aromatic nitrogens is 2. The molecule has 2 saturated carbocycles. The summed E-state index contributed by atoms with van der Waals surface area (Å²) in [6, 6.07) is 6.59. The molecule has 3 atom stereocenters. The summed E-state index contributed by atoms with van der Waals surface area (Å²) in [6.07, 6.45) is 9.23. The first kappa shape index (κ1) is 21.2. The highest BCUT2D eigenvalue weighted by Crippen LogP contribution is 2.54. The quantitative estimate of drug-likeness (QED) is 0.668. The molecule has 6 nitrogen and oxygen atoms in total. The van der Waals surface area contributed by atoms with Crippen molar-refractivity contribution in [3.05, 3.63) is 40.6 Å². The lowest BCUT2D eigenvalue weighted by Gasteiger charge is -2.60. The third-order valence-electron chi connectivity index (χ3n) is 6.94. The zero-order valence-corrected chi connectivity index (χ0v) is 18.8. The van der Waals surface area contributed by atoms with Crippen LogP contribution in [0.5, 0.6) is 0 Å². The Morgan fingerprint density at radius 1 is 1.27 bits per heavy atom. The first-order chi connectivity index (χ1) is 14.5. The summed E-state index contributed by atoms with van der Waals surface area (Å²) in [5, 5.41) is 12.0. The number of fused-ring (bicyclic) bond motifs is 2. The second-order valence-corrected chi connectivity index (χ2v) is 9.45. The number of carbonyl (C=O) groups is 1. The molecule has 162 valence electrons. The molecule has 2 aliphatic carbocycles. The van der Waals surface area contributed by atoms with Crippen LogP contribution in [0, 0.1) is 12.8 Å². The number of carbonyl (C=O) groups excluding carboxylic acids is 1. The molecule has 1 aromatic heterocycles. The fraction of sp³-hybridized carbons (Fsp3) is 0.609. The number of halogens is 1. The number of nitrogens with one attached hydrogen (secondary N) is 1. The maximum Gasteiger partial charge on any atom is 0.242 e. The zero-order chi connectivity index (χ0) is 21.3. The third-order valence-corrected chi connectivity index (χ3v) is 7.28. The third kappa shape index (κ3) is 3.82. The lowest BCUT2D eigenvalue weighted by atomic mass is 9.64. The number of aryl methyl sites for hydroxylation is 1. The molecule has 1 N–H and O–H groups in total. The van der Waals surface area contributed by atoms with Crippen molar-refractivity contribution in [1.82, 2.24) is 15.1 Å². The molecule has 2 aromatic rings.